The van der Waals surface area contributed by atoms with Gasteiger partial charge in [-0.3, -0.25) is 20.6 Å². The summed E-state index contributed by atoms with van der Waals surface area (Å²) in [5.41, 5.74) is 3.89. The smallest absolute Gasteiger partial charge is 0.253 e. The van der Waals surface area contributed by atoms with E-state index in [-0.39, 0.29) is 29.8 Å². The van der Waals surface area contributed by atoms with Crippen LogP contribution in [0.15, 0.2) is 73.1 Å². The number of rotatable bonds is 8. The van der Waals surface area contributed by atoms with E-state index in [4.69, 9.17) is 15.6 Å². The molecule has 0 aliphatic carbocycles. The molecule has 37 heavy (non-hydrogen) atoms. The minimum Gasteiger partial charge on any atom is -0.425 e. The Balaban J connectivity index is 1.31. The van der Waals surface area contributed by atoms with Gasteiger partial charge in [-0.1, -0.05) is 42.5 Å². The van der Waals surface area contributed by atoms with Crippen LogP contribution in [0, 0.1) is 10.8 Å². The van der Waals surface area contributed by atoms with Crippen LogP contribution in [0.4, 0.5) is 0 Å². The molecule has 3 aromatic rings. The maximum atomic E-state index is 13.0. The summed E-state index contributed by atoms with van der Waals surface area (Å²) in [5.74, 6) is -0.327. The van der Waals surface area contributed by atoms with Crippen molar-refractivity contribution in [3.05, 3.63) is 101 Å². The molecule has 0 bridgehead atoms. The van der Waals surface area contributed by atoms with Crippen molar-refractivity contribution in [3.63, 3.8) is 0 Å². The van der Waals surface area contributed by atoms with E-state index in [1.54, 1.807) is 24.2 Å². The van der Waals surface area contributed by atoms with Crippen LogP contribution < -0.4 is 5.32 Å². The molecule has 4 rings (SSSR count). The van der Waals surface area contributed by atoms with Crippen LogP contribution in [0.3, 0.4) is 0 Å². The quantitative estimate of drug-likeness (QED) is 0.275. The highest BCUT2D eigenvalue weighted by Gasteiger charge is 2.29. The Hall–Kier alpha value is -3.88. The highest BCUT2D eigenvalue weighted by atomic mass is 16.5. The zero-order chi connectivity index (χ0) is 26.4. The van der Waals surface area contributed by atoms with Crippen LogP contribution in [-0.2, 0) is 17.7 Å². The lowest BCUT2D eigenvalue weighted by Crippen LogP contribution is -2.35. The fourth-order valence-electron chi connectivity index (χ4n) is 4.69. The number of aromatic nitrogens is 1. The number of carbonyl (C=O) groups is 1. The number of hydrogen-bond acceptors (Lipinski definition) is 7. The van der Waals surface area contributed by atoms with Gasteiger partial charge in [-0.25, -0.2) is 0 Å². The first-order valence-corrected chi connectivity index (χ1v) is 12.4. The molecule has 0 saturated carbocycles. The molecule has 1 aliphatic rings. The third-order valence-electron chi connectivity index (χ3n) is 6.56. The molecule has 2 heterocycles. The number of benzene rings is 2. The number of nitrogens with one attached hydrogen (secondary N) is 3. The molecule has 1 amide bonds. The van der Waals surface area contributed by atoms with Gasteiger partial charge in [0.1, 0.15) is 0 Å². The van der Waals surface area contributed by atoms with Crippen molar-refractivity contribution in [2.75, 3.05) is 7.05 Å². The fraction of sp³-hybridized carbons (Fsp3) is 0.310. The van der Waals surface area contributed by atoms with Crippen LogP contribution in [0.1, 0.15) is 58.5 Å². The second-order valence-corrected chi connectivity index (χ2v) is 9.53. The molecule has 0 unspecified atom stereocenters. The number of ether oxygens (including phenoxy) is 1. The summed E-state index contributed by atoms with van der Waals surface area (Å²) in [6.07, 6.45) is 5.38. The van der Waals surface area contributed by atoms with Crippen molar-refractivity contribution >= 4 is 17.7 Å². The Morgan fingerprint density at radius 3 is 2.51 bits per heavy atom. The maximum Gasteiger partial charge on any atom is 0.253 e. The maximum absolute atomic E-state index is 13.0. The number of aliphatic hydroxyl groups is 1. The van der Waals surface area contributed by atoms with Gasteiger partial charge in [-0.05, 0) is 54.2 Å². The monoisotopic (exact) mass is 499 g/mol. The standard InChI is InChI=1S/C29H33N5O3/c1-19(30)37-28(31)24-14-21(16-32-17-24)18-34(2)29(36)23-10-8-20(9-11-23)15-25-12-13-26(33-25)27(35)22-6-4-3-5-7-22/h3-11,14,16-17,25-27,30-31,33,35H,12-13,15,18H2,1-2H3/t25-,26+,27+/m0/s1. The Morgan fingerprint density at radius 1 is 1.08 bits per heavy atom. The Bertz CT molecular complexity index is 1250. The molecular weight excluding hydrogens is 466 g/mol. The molecule has 4 N–H and O–H groups in total. The van der Waals surface area contributed by atoms with Gasteiger partial charge in [0, 0.05) is 50.6 Å². The van der Waals surface area contributed by atoms with Crippen molar-refractivity contribution < 1.29 is 14.6 Å². The molecule has 0 radical (unpaired) electrons. The van der Waals surface area contributed by atoms with Crippen LogP contribution in [0.5, 0.6) is 0 Å². The minimum atomic E-state index is -0.518. The van der Waals surface area contributed by atoms with Crippen LogP contribution in [0.25, 0.3) is 0 Å². The largest absolute Gasteiger partial charge is 0.425 e. The van der Waals surface area contributed by atoms with Crippen molar-refractivity contribution in [1.29, 1.82) is 10.8 Å². The van der Waals surface area contributed by atoms with Crippen LogP contribution in [-0.4, -0.2) is 51.8 Å². The van der Waals surface area contributed by atoms with E-state index in [1.165, 1.54) is 13.1 Å². The SMILES string of the molecule is CC(=N)OC(=N)c1cncc(CN(C)C(=O)c2ccc(C[C@@H]3CC[C@H]([C@H](O)c4ccccc4)N3)cc2)c1. The highest BCUT2D eigenvalue weighted by molar-refractivity contribution is 5.98. The van der Waals surface area contributed by atoms with Crippen molar-refractivity contribution in [2.24, 2.45) is 0 Å². The predicted molar refractivity (Wildman–Crippen MR) is 143 cm³/mol. The molecule has 8 nitrogen and oxygen atoms in total. The molecule has 1 aliphatic heterocycles. The van der Waals surface area contributed by atoms with Gasteiger partial charge >= 0.3 is 0 Å². The van der Waals surface area contributed by atoms with Gasteiger partial charge in [0.2, 0.25) is 5.90 Å². The predicted octanol–water partition coefficient (Wildman–Crippen LogP) is 4.09. The zero-order valence-corrected chi connectivity index (χ0v) is 21.1. The summed E-state index contributed by atoms with van der Waals surface area (Å²) >= 11 is 0. The number of aliphatic hydroxyl groups excluding tert-OH is 1. The molecule has 1 aromatic heterocycles. The number of hydrogen-bond donors (Lipinski definition) is 4. The van der Waals surface area contributed by atoms with Crippen molar-refractivity contribution in [2.45, 2.75) is 50.9 Å². The summed E-state index contributed by atoms with van der Waals surface area (Å²) in [4.78, 5) is 18.7. The van der Waals surface area contributed by atoms with Crippen LogP contribution in [0.2, 0.25) is 0 Å². The first kappa shape index (κ1) is 26.2. The highest BCUT2D eigenvalue weighted by Crippen LogP contribution is 2.26. The van der Waals surface area contributed by atoms with E-state index < -0.39 is 6.10 Å². The first-order chi connectivity index (χ1) is 17.8. The molecule has 1 saturated heterocycles. The normalized spacial score (nSPS) is 17.7. The molecule has 8 heteroatoms. The Kier molecular flexibility index (Phi) is 8.43. The second kappa shape index (κ2) is 11.9. The number of carbonyl (C=O) groups excluding carboxylic acids is 1. The number of amides is 1. The molecule has 1 fully saturated rings. The van der Waals surface area contributed by atoms with Gasteiger partial charge in [0.15, 0.2) is 5.90 Å². The average molecular weight is 500 g/mol. The van der Waals surface area contributed by atoms with Crippen molar-refractivity contribution in [3.8, 4) is 0 Å². The molecule has 0 spiro atoms. The Labute approximate surface area is 217 Å². The van der Waals surface area contributed by atoms with E-state index >= 15 is 0 Å². The first-order valence-electron chi connectivity index (χ1n) is 12.4. The molecule has 192 valence electrons. The van der Waals surface area contributed by atoms with E-state index in [9.17, 15) is 9.90 Å². The van der Waals surface area contributed by atoms with E-state index in [1.807, 2.05) is 54.6 Å². The Morgan fingerprint density at radius 2 is 1.81 bits per heavy atom. The lowest BCUT2D eigenvalue weighted by Gasteiger charge is -2.20. The van der Waals surface area contributed by atoms with E-state index in [0.717, 1.165) is 36.0 Å². The van der Waals surface area contributed by atoms with E-state index in [0.29, 0.717) is 17.7 Å². The van der Waals surface area contributed by atoms with Gasteiger partial charge < -0.3 is 20.1 Å². The van der Waals surface area contributed by atoms with Gasteiger partial charge in [-0.2, -0.15) is 0 Å². The third kappa shape index (κ3) is 6.87. The summed E-state index contributed by atoms with van der Waals surface area (Å²) in [6, 6.07) is 19.5. The topological polar surface area (TPSA) is 122 Å². The molecule has 2 aromatic carbocycles. The summed E-state index contributed by atoms with van der Waals surface area (Å²) < 4.78 is 5.04. The van der Waals surface area contributed by atoms with E-state index in [2.05, 4.69) is 10.3 Å². The number of pyridine rings is 1. The second-order valence-electron chi connectivity index (χ2n) is 9.53. The lowest BCUT2D eigenvalue weighted by molar-refractivity contribution is 0.0785. The minimum absolute atomic E-state index is 0.0410. The fourth-order valence-corrected chi connectivity index (χ4v) is 4.69. The van der Waals surface area contributed by atoms with Crippen molar-refractivity contribution in [1.82, 2.24) is 15.2 Å². The lowest BCUT2D eigenvalue weighted by atomic mass is 10.0. The average Bonchev–Trinajstić information content (AvgIpc) is 3.37. The third-order valence-corrected chi connectivity index (χ3v) is 6.56. The number of nitrogens with zero attached hydrogens (tertiary/aromatic N) is 2. The van der Waals surface area contributed by atoms with Crippen LogP contribution >= 0.6 is 0 Å². The van der Waals surface area contributed by atoms with Gasteiger partial charge in [-0.15, -0.1) is 0 Å². The summed E-state index contributed by atoms with van der Waals surface area (Å²) in [5, 5.41) is 29.6. The zero-order valence-electron chi connectivity index (χ0n) is 21.1. The van der Waals surface area contributed by atoms with Gasteiger partial charge in [0.25, 0.3) is 5.91 Å². The van der Waals surface area contributed by atoms with Gasteiger partial charge in [0.05, 0.1) is 11.7 Å². The molecule has 3 atom stereocenters. The molecular formula is C29H33N5O3. The summed E-state index contributed by atoms with van der Waals surface area (Å²) in [7, 11) is 1.73. The summed E-state index contributed by atoms with van der Waals surface area (Å²) in [6.45, 7) is 1.79.